The van der Waals surface area contributed by atoms with E-state index in [4.69, 9.17) is 12.2 Å². The van der Waals surface area contributed by atoms with E-state index in [2.05, 4.69) is 50.4 Å². The Kier molecular flexibility index (Phi) is 11.2. The van der Waals surface area contributed by atoms with Crippen LogP contribution in [0.4, 0.5) is 0 Å². The zero-order valence-electron chi connectivity index (χ0n) is 16.3. The molecule has 0 aliphatic rings. The van der Waals surface area contributed by atoms with Gasteiger partial charge in [0.25, 0.3) is 0 Å². The van der Waals surface area contributed by atoms with E-state index < -0.39 is 18.4 Å². The van der Waals surface area contributed by atoms with Crippen molar-refractivity contribution in [2.45, 2.75) is 77.0 Å². The molecule has 0 aromatic heterocycles. The first-order valence-electron chi connectivity index (χ1n) is 9.92. The maximum atomic E-state index is 5.57. The van der Waals surface area contributed by atoms with Gasteiger partial charge in [-0.1, -0.05) is 0 Å². The molecule has 1 rings (SSSR count). The molecule has 1 aromatic carbocycles. The summed E-state index contributed by atoms with van der Waals surface area (Å²) >= 11 is 3.41. The van der Waals surface area contributed by atoms with Crippen LogP contribution in [0.1, 0.15) is 70.4 Å². The van der Waals surface area contributed by atoms with Crippen molar-refractivity contribution in [2.75, 3.05) is 7.05 Å². The first-order valence-corrected chi connectivity index (χ1v) is 18.4. The summed E-state index contributed by atoms with van der Waals surface area (Å²) in [7, 11) is 1.95. The summed E-state index contributed by atoms with van der Waals surface area (Å²) in [5.74, 6) is 0. The summed E-state index contributed by atoms with van der Waals surface area (Å²) in [5, 5.41) is 3.19. The van der Waals surface area contributed by atoms with Crippen molar-refractivity contribution in [3.63, 3.8) is 0 Å². The Morgan fingerprint density at radius 3 is 1.88 bits per heavy atom. The Hall–Kier alpha value is -0.0913. The number of benzene rings is 1. The van der Waals surface area contributed by atoms with Gasteiger partial charge in [-0.2, -0.15) is 0 Å². The third-order valence-corrected chi connectivity index (χ3v) is 21.0. The molecule has 0 saturated carbocycles. The topological polar surface area (TPSA) is 12.0 Å². The molecule has 1 aromatic rings. The van der Waals surface area contributed by atoms with Gasteiger partial charge in [-0.15, -0.1) is 0 Å². The van der Waals surface area contributed by atoms with Crippen molar-refractivity contribution in [3.05, 3.63) is 35.4 Å². The average molecular weight is 454 g/mol. The van der Waals surface area contributed by atoms with E-state index in [1.807, 2.05) is 7.05 Å². The van der Waals surface area contributed by atoms with E-state index in [-0.39, 0.29) is 0 Å². The molecule has 0 saturated heterocycles. The van der Waals surface area contributed by atoms with Crippen molar-refractivity contribution in [2.24, 2.45) is 0 Å². The molecular formula is C21H37NSSn. The molecule has 0 amide bonds. The van der Waals surface area contributed by atoms with Gasteiger partial charge in [0.1, 0.15) is 0 Å². The van der Waals surface area contributed by atoms with Crippen LogP contribution in [0.25, 0.3) is 0 Å². The van der Waals surface area contributed by atoms with Crippen LogP contribution < -0.4 is 5.32 Å². The Morgan fingerprint density at radius 2 is 1.42 bits per heavy atom. The third-order valence-electron chi connectivity index (χ3n) is 5.24. The Balaban J connectivity index is 3.11. The molecule has 24 heavy (non-hydrogen) atoms. The van der Waals surface area contributed by atoms with Crippen LogP contribution in [0, 0.1) is 0 Å². The van der Waals surface area contributed by atoms with Gasteiger partial charge >= 0.3 is 160 Å². The minimum atomic E-state index is -2.16. The Labute approximate surface area is 159 Å². The standard InChI is InChI=1S/C9H10NS.3C4H9.Sn/c1-7-5-3-4-6-8(7)9(11)10-2;3*1-3-4-2;/h3-6H,1H2,2H3,(H,10,11);3*1,3-4H2,2H3;. The quantitative estimate of drug-likeness (QED) is 0.285. The molecule has 1 N–H and O–H groups in total. The van der Waals surface area contributed by atoms with Crippen LogP contribution in [0.5, 0.6) is 0 Å². The molecule has 0 unspecified atom stereocenters. The minimum absolute atomic E-state index is 0.910. The molecule has 0 spiro atoms. The molecule has 136 valence electrons. The SMILES string of the molecule is CCC[CH2][Sn]([CH2]CCC)([CH2]CCC)[CH2]c1ccccc1C(=S)NC. The van der Waals surface area contributed by atoms with Crippen molar-refractivity contribution < 1.29 is 0 Å². The number of thiocarbonyl (C=S) groups is 1. The van der Waals surface area contributed by atoms with Crippen LogP contribution in [-0.4, -0.2) is 30.4 Å². The molecule has 3 heteroatoms. The Morgan fingerprint density at radius 1 is 0.917 bits per heavy atom. The van der Waals surface area contributed by atoms with Gasteiger partial charge in [0.2, 0.25) is 0 Å². The summed E-state index contributed by atoms with van der Waals surface area (Å²) in [6.07, 6.45) is 8.32. The summed E-state index contributed by atoms with van der Waals surface area (Å²) in [5.41, 5.74) is 2.80. The molecular weight excluding hydrogens is 417 g/mol. The third kappa shape index (κ3) is 7.03. The molecule has 0 fully saturated rings. The first kappa shape index (κ1) is 22.0. The van der Waals surface area contributed by atoms with Gasteiger partial charge in [-0.25, -0.2) is 0 Å². The van der Waals surface area contributed by atoms with Crippen molar-refractivity contribution >= 4 is 35.6 Å². The van der Waals surface area contributed by atoms with Gasteiger partial charge in [0, 0.05) is 0 Å². The number of unbranched alkanes of at least 4 members (excludes halogenated alkanes) is 3. The van der Waals surface area contributed by atoms with Gasteiger partial charge in [0.05, 0.1) is 0 Å². The van der Waals surface area contributed by atoms with Gasteiger partial charge < -0.3 is 0 Å². The van der Waals surface area contributed by atoms with E-state index in [1.165, 1.54) is 54.1 Å². The second-order valence-electron chi connectivity index (χ2n) is 7.22. The second kappa shape index (κ2) is 12.3. The van der Waals surface area contributed by atoms with E-state index >= 15 is 0 Å². The zero-order valence-corrected chi connectivity index (χ0v) is 20.0. The van der Waals surface area contributed by atoms with E-state index in [0.717, 1.165) is 4.99 Å². The van der Waals surface area contributed by atoms with Crippen LogP contribution in [0.3, 0.4) is 0 Å². The van der Waals surface area contributed by atoms with Crippen molar-refractivity contribution in [3.8, 4) is 0 Å². The van der Waals surface area contributed by atoms with Crippen molar-refractivity contribution in [1.82, 2.24) is 5.32 Å². The molecule has 0 atom stereocenters. The van der Waals surface area contributed by atoms with Crippen LogP contribution >= 0.6 is 12.2 Å². The van der Waals surface area contributed by atoms with Gasteiger partial charge in [0.15, 0.2) is 0 Å². The molecule has 0 aliphatic carbocycles. The molecule has 0 aliphatic heterocycles. The zero-order chi connectivity index (χ0) is 17.8. The monoisotopic (exact) mass is 455 g/mol. The summed E-state index contributed by atoms with van der Waals surface area (Å²) in [4.78, 5) is 0.910. The number of nitrogens with one attached hydrogen (secondary N) is 1. The van der Waals surface area contributed by atoms with E-state index in [0.29, 0.717) is 0 Å². The molecule has 1 nitrogen and oxygen atoms in total. The van der Waals surface area contributed by atoms with Crippen LogP contribution in [-0.2, 0) is 4.44 Å². The average Bonchev–Trinajstić information content (AvgIpc) is 2.62. The van der Waals surface area contributed by atoms with Gasteiger partial charge in [-0.05, 0) is 0 Å². The fourth-order valence-corrected chi connectivity index (χ4v) is 20.2. The predicted octanol–water partition coefficient (Wildman–Crippen LogP) is 6.51. The van der Waals surface area contributed by atoms with Crippen molar-refractivity contribution in [1.29, 1.82) is 0 Å². The van der Waals surface area contributed by atoms with Crippen LogP contribution in [0.15, 0.2) is 24.3 Å². The summed E-state index contributed by atoms with van der Waals surface area (Å²) < 4.78 is 6.07. The first-order chi connectivity index (χ1) is 11.6. The molecule has 0 bridgehead atoms. The Bertz CT molecular complexity index is 465. The summed E-state index contributed by atoms with van der Waals surface area (Å²) in [6, 6.07) is 8.88. The predicted molar refractivity (Wildman–Crippen MR) is 116 cm³/mol. The number of rotatable bonds is 12. The number of hydrogen-bond donors (Lipinski definition) is 1. The normalized spacial score (nSPS) is 11.5. The van der Waals surface area contributed by atoms with Crippen LogP contribution in [0.2, 0.25) is 13.3 Å². The fraction of sp³-hybridized carbons (Fsp3) is 0.667. The van der Waals surface area contributed by atoms with E-state index in [9.17, 15) is 0 Å². The number of hydrogen-bond acceptors (Lipinski definition) is 1. The molecule has 0 radical (unpaired) electrons. The summed E-state index contributed by atoms with van der Waals surface area (Å²) in [6.45, 7) is 7.04. The second-order valence-corrected chi connectivity index (χ2v) is 21.5. The van der Waals surface area contributed by atoms with E-state index in [1.54, 1.807) is 13.3 Å². The fourth-order valence-electron chi connectivity index (χ4n) is 3.73. The van der Waals surface area contributed by atoms with Gasteiger partial charge in [-0.3, -0.25) is 0 Å². The maximum absolute atomic E-state index is 5.57. The molecule has 0 heterocycles.